The Kier molecular flexibility index (Phi) is 5.00. The molecule has 128 valence electrons. The average Bonchev–Trinajstić information content (AvgIpc) is 2.58. The first-order chi connectivity index (χ1) is 11.9. The molecule has 8 heteroatoms. The topological polar surface area (TPSA) is 81.2 Å². The lowest BCUT2D eigenvalue weighted by Crippen LogP contribution is -2.13. The summed E-state index contributed by atoms with van der Waals surface area (Å²) in [5.74, 6) is 0.777. The zero-order chi connectivity index (χ0) is 17.9. The molecule has 1 N–H and O–H groups in total. The van der Waals surface area contributed by atoms with E-state index in [0.29, 0.717) is 17.3 Å². The molecule has 0 spiro atoms. The first-order valence-corrected chi connectivity index (χ1v) is 9.54. The highest BCUT2D eigenvalue weighted by molar-refractivity contribution is 9.10. The Balaban J connectivity index is 1.82. The van der Waals surface area contributed by atoms with Crippen LogP contribution in [-0.2, 0) is 10.0 Å². The summed E-state index contributed by atoms with van der Waals surface area (Å²) in [6, 6.07) is 11.5. The predicted molar refractivity (Wildman–Crippen MR) is 98.2 cm³/mol. The second-order valence-electron chi connectivity index (χ2n) is 5.19. The Bertz CT molecular complexity index is 995. The van der Waals surface area contributed by atoms with Crippen LogP contribution in [0.15, 0.2) is 70.4 Å². The number of aromatic nitrogens is 2. The highest BCUT2D eigenvalue weighted by Crippen LogP contribution is 2.25. The highest BCUT2D eigenvalue weighted by atomic mass is 79.9. The van der Waals surface area contributed by atoms with Gasteiger partial charge in [0.2, 0.25) is 5.88 Å². The molecule has 0 radical (unpaired) electrons. The molecule has 25 heavy (non-hydrogen) atoms. The summed E-state index contributed by atoms with van der Waals surface area (Å²) >= 11 is 3.36. The number of nitrogens with one attached hydrogen (secondary N) is 1. The maximum atomic E-state index is 12.5. The van der Waals surface area contributed by atoms with E-state index in [1.54, 1.807) is 42.5 Å². The van der Waals surface area contributed by atoms with E-state index < -0.39 is 10.0 Å². The van der Waals surface area contributed by atoms with E-state index >= 15 is 0 Å². The van der Waals surface area contributed by atoms with Gasteiger partial charge in [-0.3, -0.25) is 9.71 Å². The van der Waals surface area contributed by atoms with Gasteiger partial charge in [-0.2, -0.15) is 0 Å². The fourth-order valence-corrected chi connectivity index (χ4v) is 3.46. The SMILES string of the molecule is Cc1cc(S(=O)(=O)Nc2cccc(Oc3cnccn3)c2)ccc1Br. The molecular weight excluding hydrogens is 406 g/mol. The molecule has 0 fully saturated rings. The lowest BCUT2D eigenvalue weighted by molar-refractivity contribution is 0.460. The van der Waals surface area contributed by atoms with Crippen molar-refractivity contribution in [2.24, 2.45) is 0 Å². The van der Waals surface area contributed by atoms with Crippen LogP contribution in [0, 0.1) is 6.92 Å². The predicted octanol–water partition coefficient (Wildman–Crippen LogP) is 4.14. The molecule has 1 aromatic heterocycles. The van der Waals surface area contributed by atoms with Crippen molar-refractivity contribution in [3.05, 3.63) is 71.1 Å². The van der Waals surface area contributed by atoms with E-state index in [9.17, 15) is 8.42 Å². The van der Waals surface area contributed by atoms with Crippen LogP contribution in [0.2, 0.25) is 0 Å². The number of ether oxygens (including phenoxy) is 1. The summed E-state index contributed by atoms with van der Waals surface area (Å²) in [4.78, 5) is 8.12. The molecule has 0 aliphatic heterocycles. The third kappa shape index (κ3) is 4.34. The zero-order valence-electron chi connectivity index (χ0n) is 13.2. The molecule has 0 aliphatic carbocycles. The van der Waals surface area contributed by atoms with Gasteiger partial charge in [0.15, 0.2) is 0 Å². The molecule has 0 atom stereocenters. The van der Waals surface area contributed by atoms with E-state index in [1.165, 1.54) is 18.6 Å². The van der Waals surface area contributed by atoms with E-state index in [2.05, 4.69) is 30.6 Å². The third-order valence-electron chi connectivity index (χ3n) is 3.29. The summed E-state index contributed by atoms with van der Waals surface area (Å²) in [7, 11) is -3.70. The van der Waals surface area contributed by atoms with Gasteiger partial charge in [0, 0.05) is 22.9 Å². The zero-order valence-corrected chi connectivity index (χ0v) is 15.6. The van der Waals surface area contributed by atoms with Gasteiger partial charge in [-0.15, -0.1) is 0 Å². The van der Waals surface area contributed by atoms with Gasteiger partial charge in [0.25, 0.3) is 10.0 Å². The minimum atomic E-state index is -3.70. The maximum Gasteiger partial charge on any atom is 0.261 e. The lowest BCUT2D eigenvalue weighted by Gasteiger charge is -2.11. The number of hydrogen-bond acceptors (Lipinski definition) is 5. The molecule has 3 aromatic rings. The van der Waals surface area contributed by atoms with Crippen molar-refractivity contribution in [2.45, 2.75) is 11.8 Å². The maximum absolute atomic E-state index is 12.5. The van der Waals surface area contributed by atoms with E-state index in [0.717, 1.165) is 10.0 Å². The summed E-state index contributed by atoms with van der Waals surface area (Å²) in [6.45, 7) is 1.83. The van der Waals surface area contributed by atoms with Crippen molar-refractivity contribution in [1.82, 2.24) is 9.97 Å². The molecule has 0 bridgehead atoms. The van der Waals surface area contributed by atoms with Crippen LogP contribution >= 0.6 is 15.9 Å². The third-order valence-corrected chi connectivity index (χ3v) is 5.56. The molecule has 1 heterocycles. The molecule has 0 unspecified atom stereocenters. The van der Waals surface area contributed by atoms with Crippen molar-refractivity contribution in [2.75, 3.05) is 4.72 Å². The van der Waals surface area contributed by atoms with Crippen molar-refractivity contribution < 1.29 is 13.2 Å². The number of halogens is 1. The van der Waals surface area contributed by atoms with E-state index in [4.69, 9.17) is 4.74 Å². The van der Waals surface area contributed by atoms with Gasteiger partial charge in [-0.1, -0.05) is 22.0 Å². The van der Waals surface area contributed by atoms with Gasteiger partial charge in [-0.25, -0.2) is 13.4 Å². The van der Waals surface area contributed by atoms with Crippen molar-refractivity contribution >= 4 is 31.6 Å². The summed E-state index contributed by atoms with van der Waals surface area (Å²) < 4.78 is 34.1. The Labute approximate surface area is 154 Å². The van der Waals surface area contributed by atoms with Crippen molar-refractivity contribution in [3.63, 3.8) is 0 Å². The fourth-order valence-electron chi connectivity index (χ4n) is 2.08. The first-order valence-electron chi connectivity index (χ1n) is 7.27. The quantitative estimate of drug-likeness (QED) is 0.671. The number of benzene rings is 2. The smallest absolute Gasteiger partial charge is 0.261 e. The minimum absolute atomic E-state index is 0.188. The van der Waals surface area contributed by atoms with Crippen molar-refractivity contribution in [1.29, 1.82) is 0 Å². The highest BCUT2D eigenvalue weighted by Gasteiger charge is 2.15. The van der Waals surface area contributed by atoms with Crippen LogP contribution in [0.1, 0.15) is 5.56 Å². The molecule has 0 amide bonds. The monoisotopic (exact) mass is 419 g/mol. The molecule has 0 saturated carbocycles. The van der Waals surface area contributed by atoms with Gasteiger partial charge < -0.3 is 4.74 Å². The molecule has 0 aliphatic rings. The van der Waals surface area contributed by atoms with Crippen LogP contribution in [0.5, 0.6) is 11.6 Å². The number of aryl methyl sites for hydroxylation is 1. The second-order valence-corrected chi connectivity index (χ2v) is 7.73. The number of hydrogen-bond donors (Lipinski definition) is 1. The Morgan fingerprint density at radius 1 is 1.12 bits per heavy atom. The Hall–Kier alpha value is -2.45. The first kappa shape index (κ1) is 17.4. The van der Waals surface area contributed by atoms with Crippen LogP contribution < -0.4 is 9.46 Å². The van der Waals surface area contributed by atoms with Crippen LogP contribution in [-0.4, -0.2) is 18.4 Å². The summed E-state index contributed by atoms with van der Waals surface area (Å²) in [5, 5.41) is 0. The van der Waals surface area contributed by atoms with E-state index in [1.807, 2.05) is 6.92 Å². The Morgan fingerprint density at radius 2 is 1.96 bits per heavy atom. The number of rotatable bonds is 5. The minimum Gasteiger partial charge on any atom is -0.437 e. The lowest BCUT2D eigenvalue weighted by atomic mass is 10.2. The van der Waals surface area contributed by atoms with Crippen LogP contribution in [0.3, 0.4) is 0 Å². The van der Waals surface area contributed by atoms with Crippen LogP contribution in [0.4, 0.5) is 5.69 Å². The second kappa shape index (κ2) is 7.20. The summed E-state index contributed by atoms with van der Waals surface area (Å²) in [6.07, 6.45) is 4.52. The molecule has 2 aromatic carbocycles. The standard InChI is InChI=1S/C17H14BrN3O3S/c1-12-9-15(5-6-16(12)18)25(22,23)21-13-3-2-4-14(10-13)24-17-11-19-7-8-20-17/h2-11,21H,1H3. The van der Waals surface area contributed by atoms with Gasteiger partial charge >= 0.3 is 0 Å². The number of sulfonamides is 1. The molecule has 3 rings (SSSR count). The van der Waals surface area contributed by atoms with Crippen molar-refractivity contribution in [3.8, 4) is 11.6 Å². The van der Waals surface area contributed by atoms with Gasteiger partial charge in [0.05, 0.1) is 16.8 Å². The summed E-state index contributed by atoms with van der Waals surface area (Å²) in [5.41, 5.74) is 1.23. The normalized spacial score (nSPS) is 11.1. The van der Waals surface area contributed by atoms with E-state index in [-0.39, 0.29) is 4.90 Å². The van der Waals surface area contributed by atoms with Crippen LogP contribution in [0.25, 0.3) is 0 Å². The largest absolute Gasteiger partial charge is 0.437 e. The van der Waals surface area contributed by atoms with Gasteiger partial charge in [0.1, 0.15) is 5.75 Å². The molecule has 0 saturated heterocycles. The van der Waals surface area contributed by atoms with Gasteiger partial charge in [-0.05, 0) is 42.8 Å². The molecule has 6 nitrogen and oxygen atoms in total. The average molecular weight is 420 g/mol. The molecular formula is C17H14BrN3O3S. The fraction of sp³-hybridized carbons (Fsp3) is 0.0588. The number of nitrogens with zero attached hydrogens (tertiary/aromatic N) is 2. The Morgan fingerprint density at radius 3 is 2.68 bits per heavy atom. The number of anilines is 1.